The monoisotopic (exact) mass is 566 g/mol. The van der Waals surface area contributed by atoms with E-state index in [0.29, 0.717) is 17.0 Å². The van der Waals surface area contributed by atoms with Gasteiger partial charge in [0.25, 0.3) is 5.91 Å². The second-order valence-electron chi connectivity index (χ2n) is 11.4. The van der Waals surface area contributed by atoms with Gasteiger partial charge in [-0.2, -0.15) is 0 Å². The first kappa shape index (κ1) is 28.2. The van der Waals surface area contributed by atoms with Crippen LogP contribution in [-0.2, 0) is 27.3 Å². The average Bonchev–Trinajstić information content (AvgIpc) is 3.30. The summed E-state index contributed by atoms with van der Waals surface area (Å²) < 4.78 is 5.60. The molecular weight excluding hydrogens is 532 g/mol. The van der Waals surface area contributed by atoms with Crippen LogP contribution in [0.25, 0.3) is 5.76 Å². The highest BCUT2D eigenvalue weighted by Gasteiger charge is 2.64. The number of anilines is 2. The van der Waals surface area contributed by atoms with Crippen molar-refractivity contribution in [2.75, 3.05) is 38.4 Å². The van der Waals surface area contributed by atoms with E-state index in [-0.39, 0.29) is 42.0 Å². The Balaban J connectivity index is 1.67. The Morgan fingerprint density at radius 3 is 2.41 bits per heavy atom. The standard InChI is InChI=1S/C29H34N4O8/c1-12-6-7-14(41-12)11-31-17-10-18(32(2)3)15-8-13-9-16-22(33(4)5)25(36)21(28(30)39)27(38)29(16,40)26(37)19(13)24(35)20(15)23(17)34/h6-7,10,13,16,22,31,34-35,38,40H,8-9,11H2,1-5H3,(H2,30,39)/t13-,16-,22?,29-/m1/s1. The van der Waals surface area contributed by atoms with E-state index >= 15 is 0 Å². The minimum absolute atomic E-state index is 0.0191. The van der Waals surface area contributed by atoms with Crippen LogP contribution in [0.15, 0.2) is 39.5 Å². The van der Waals surface area contributed by atoms with E-state index in [1.807, 2.05) is 32.0 Å². The Bertz CT molecular complexity index is 1550. The van der Waals surface area contributed by atoms with Gasteiger partial charge in [0.2, 0.25) is 5.78 Å². The molecule has 41 heavy (non-hydrogen) atoms. The van der Waals surface area contributed by atoms with Gasteiger partial charge in [-0.05, 0) is 63.5 Å². The third-order valence-corrected chi connectivity index (χ3v) is 8.43. The quantitative estimate of drug-likeness (QED) is 0.220. The van der Waals surface area contributed by atoms with E-state index in [1.165, 1.54) is 4.90 Å². The molecule has 7 N–H and O–H groups in total. The minimum atomic E-state index is -2.68. The molecule has 0 bridgehead atoms. The van der Waals surface area contributed by atoms with E-state index in [1.54, 1.807) is 26.2 Å². The number of aryl methyl sites for hydroxylation is 1. The first-order valence-electron chi connectivity index (χ1n) is 13.2. The number of benzene rings is 1. The number of amides is 1. The Kier molecular flexibility index (Phi) is 6.66. The van der Waals surface area contributed by atoms with Gasteiger partial charge in [0.05, 0.1) is 23.8 Å². The van der Waals surface area contributed by atoms with Crippen LogP contribution in [0.5, 0.6) is 5.75 Å². The van der Waals surface area contributed by atoms with Crippen molar-refractivity contribution in [3.63, 3.8) is 0 Å². The maximum atomic E-state index is 14.1. The molecule has 12 nitrogen and oxygen atoms in total. The van der Waals surface area contributed by atoms with Gasteiger partial charge in [0.15, 0.2) is 11.4 Å². The molecule has 1 aromatic heterocycles. The number of aromatic hydroxyl groups is 1. The summed E-state index contributed by atoms with van der Waals surface area (Å²) >= 11 is 0. The molecule has 5 rings (SSSR count). The third-order valence-electron chi connectivity index (χ3n) is 8.43. The topological polar surface area (TPSA) is 190 Å². The number of hydrogen-bond donors (Lipinski definition) is 6. The molecule has 1 unspecified atom stereocenters. The van der Waals surface area contributed by atoms with Crippen LogP contribution < -0.4 is 16.0 Å². The Labute approximate surface area is 236 Å². The number of nitrogens with zero attached hydrogens (tertiary/aromatic N) is 2. The van der Waals surface area contributed by atoms with Gasteiger partial charge in [-0.15, -0.1) is 0 Å². The number of hydrogen-bond acceptors (Lipinski definition) is 11. The van der Waals surface area contributed by atoms with Crippen LogP contribution in [0.4, 0.5) is 11.4 Å². The molecule has 2 aromatic rings. The predicted molar refractivity (Wildman–Crippen MR) is 149 cm³/mol. The van der Waals surface area contributed by atoms with Gasteiger partial charge in [0.1, 0.15) is 34.4 Å². The van der Waals surface area contributed by atoms with Crippen LogP contribution in [-0.4, -0.2) is 82.6 Å². The largest absolute Gasteiger partial charge is 0.508 e. The first-order valence-corrected chi connectivity index (χ1v) is 13.2. The molecule has 4 atom stereocenters. The van der Waals surface area contributed by atoms with Crippen molar-refractivity contribution in [1.29, 1.82) is 0 Å². The van der Waals surface area contributed by atoms with Crippen molar-refractivity contribution in [1.82, 2.24) is 4.90 Å². The van der Waals surface area contributed by atoms with Crippen LogP contribution in [0.2, 0.25) is 0 Å². The molecule has 218 valence electrons. The number of Topliss-reactive ketones (excluding diaryl/α,β-unsaturated/α-hetero) is 2. The second-order valence-corrected chi connectivity index (χ2v) is 11.4. The number of fused-ring (bicyclic) bond motifs is 3. The lowest BCUT2D eigenvalue weighted by atomic mass is 9.57. The Morgan fingerprint density at radius 1 is 1.17 bits per heavy atom. The Morgan fingerprint density at radius 2 is 1.85 bits per heavy atom. The number of likely N-dealkylation sites (N-methyl/N-ethyl adjacent to an activating group) is 1. The summed E-state index contributed by atoms with van der Waals surface area (Å²) in [6.07, 6.45) is 0.227. The number of aliphatic hydroxyl groups excluding tert-OH is 2. The third kappa shape index (κ3) is 4.08. The van der Waals surface area contributed by atoms with E-state index < -0.39 is 58.0 Å². The van der Waals surface area contributed by atoms with Crippen LogP contribution >= 0.6 is 0 Å². The molecule has 1 aromatic carbocycles. The number of nitrogens with one attached hydrogen (secondary N) is 1. The van der Waals surface area contributed by atoms with E-state index in [0.717, 1.165) is 5.76 Å². The fourth-order valence-electron chi connectivity index (χ4n) is 6.59. The lowest BCUT2D eigenvalue weighted by molar-refractivity contribution is -0.153. The number of primary amides is 1. The summed E-state index contributed by atoms with van der Waals surface area (Å²) in [7, 11) is 6.75. The number of ketones is 2. The molecule has 12 heteroatoms. The summed E-state index contributed by atoms with van der Waals surface area (Å²) in [5.74, 6) is -5.50. The first-order chi connectivity index (χ1) is 19.2. The van der Waals surface area contributed by atoms with E-state index in [2.05, 4.69) is 5.32 Å². The number of rotatable bonds is 6. The maximum Gasteiger partial charge on any atom is 0.255 e. The molecule has 1 heterocycles. The molecule has 0 radical (unpaired) electrons. The van der Waals surface area contributed by atoms with E-state index in [9.17, 15) is 34.8 Å². The Hall–Kier alpha value is -4.29. The fourth-order valence-corrected chi connectivity index (χ4v) is 6.59. The van der Waals surface area contributed by atoms with Crippen molar-refractivity contribution in [2.45, 2.75) is 38.0 Å². The van der Waals surface area contributed by atoms with Gasteiger partial charge >= 0.3 is 0 Å². The number of phenolic OH excluding ortho intramolecular Hbond substituents is 1. The van der Waals surface area contributed by atoms with Crippen molar-refractivity contribution < 1.29 is 39.2 Å². The van der Waals surface area contributed by atoms with E-state index in [4.69, 9.17) is 10.2 Å². The number of aliphatic hydroxyl groups is 3. The smallest absolute Gasteiger partial charge is 0.255 e. The summed E-state index contributed by atoms with van der Waals surface area (Å²) in [6, 6.07) is 4.21. The fraction of sp³-hybridized carbons (Fsp3) is 0.414. The molecule has 1 amide bonds. The molecule has 1 fully saturated rings. The van der Waals surface area contributed by atoms with Gasteiger partial charge in [-0.25, -0.2) is 0 Å². The zero-order valence-corrected chi connectivity index (χ0v) is 23.5. The predicted octanol–water partition coefficient (Wildman–Crippen LogP) is 1.54. The summed E-state index contributed by atoms with van der Waals surface area (Å²) in [5.41, 5.74) is 3.21. The van der Waals surface area contributed by atoms with Crippen molar-refractivity contribution in [3.05, 3.63) is 57.8 Å². The maximum absolute atomic E-state index is 14.1. The lowest BCUT2D eigenvalue weighted by Gasteiger charge is -2.50. The number of furan rings is 1. The zero-order chi connectivity index (χ0) is 30.1. The van der Waals surface area contributed by atoms with Crippen molar-refractivity contribution in [3.8, 4) is 5.75 Å². The molecule has 1 saturated carbocycles. The van der Waals surface area contributed by atoms with Crippen molar-refractivity contribution in [2.24, 2.45) is 17.6 Å². The highest BCUT2D eigenvalue weighted by Crippen LogP contribution is 2.54. The molecular formula is C29H34N4O8. The zero-order valence-electron chi connectivity index (χ0n) is 23.5. The molecule has 0 aliphatic heterocycles. The number of nitrogens with two attached hydrogens (primary N) is 1. The minimum Gasteiger partial charge on any atom is -0.508 e. The number of phenols is 1. The average molecular weight is 567 g/mol. The second kappa shape index (κ2) is 9.67. The normalized spacial score (nSPS) is 25.7. The van der Waals surface area contributed by atoms with Gasteiger partial charge in [-0.1, -0.05) is 0 Å². The summed E-state index contributed by atoms with van der Waals surface area (Å²) in [6.45, 7) is 2.05. The highest BCUT2D eigenvalue weighted by atomic mass is 16.4. The molecule has 0 saturated heterocycles. The molecule has 3 aliphatic rings. The summed E-state index contributed by atoms with van der Waals surface area (Å²) in [4.78, 5) is 42.7. The summed E-state index contributed by atoms with van der Waals surface area (Å²) in [5, 5.41) is 48.8. The molecule has 0 spiro atoms. The molecule has 3 aliphatic carbocycles. The lowest BCUT2D eigenvalue weighted by Crippen LogP contribution is -2.65. The van der Waals surface area contributed by atoms with Gasteiger partial charge < -0.3 is 40.8 Å². The SMILES string of the molecule is Cc1ccc(CNc2cc(N(C)C)c3c(c2O)C(O)=C2C(=O)[C@@]4(O)C(O)=C(C(N)=O)C(=O)C(N(C)C)[C@H]4C[C@H]2C3)o1. The highest BCUT2D eigenvalue weighted by molar-refractivity contribution is 6.24. The number of carbonyl (C=O) groups is 3. The van der Waals surface area contributed by atoms with Crippen LogP contribution in [0.3, 0.4) is 0 Å². The van der Waals surface area contributed by atoms with Gasteiger partial charge in [-0.3, -0.25) is 19.3 Å². The van der Waals surface area contributed by atoms with Gasteiger partial charge in [0, 0.05) is 31.3 Å². The van der Waals surface area contributed by atoms with Crippen molar-refractivity contribution >= 4 is 34.6 Å². The number of carbonyl (C=O) groups excluding carboxylic acids is 3. The van der Waals surface area contributed by atoms with Crippen LogP contribution in [0.1, 0.15) is 29.1 Å². The van der Waals surface area contributed by atoms with Crippen LogP contribution in [0, 0.1) is 18.8 Å².